The number of hydrogen-bond acceptors (Lipinski definition) is 6. The second-order valence-corrected chi connectivity index (χ2v) is 8.45. The summed E-state index contributed by atoms with van der Waals surface area (Å²) in [5.74, 6) is -0.666. The second-order valence-electron chi connectivity index (χ2n) is 8.09. The Hall–Kier alpha value is -3.34. The summed E-state index contributed by atoms with van der Waals surface area (Å²) in [5.41, 5.74) is -0.335. The Kier molecular flexibility index (Phi) is 6.41. The van der Waals surface area contributed by atoms with Crippen molar-refractivity contribution >= 4 is 22.8 Å². The Morgan fingerprint density at radius 2 is 1.97 bits per heavy atom. The molecule has 0 aliphatic rings. The minimum Gasteiger partial charge on any atom is -0.339 e. The second kappa shape index (κ2) is 9.26. The normalized spacial score (nSPS) is 11.7. The molecule has 0 saturated heterocycles. The summed E-state index contributed by atoms with van der Waals surface area (Å²) in [6.45, 7) is 4.40. The summed E-state index contributed by atoms with van der Waals surface area (Å²) in [6, 6.07) is 3.28. The number of rotatable bonds is 8. The van der Waals surface area contributed by atoms with Gasteiger partial charge in [-0.15, -0.1) is 0 Å². The molecule has 33 heavy (non-hydrogen) atoms. The Morgan fingerprint density at radius 1 is 1.18 bits per heavy atom. The first-order valence-corrected chi connectivity index (χ1v) is 10.7. The molecule has 0 aliphatic carbocycles. The maximum atomic E-state index is 13.8. The van der Waals surface area contributed by atoms with Crippen LogP contribution in [0.15, 0.2) is 32.3 Å². The van der Waals surface area contributed by atoms with Crippen LogP contribution in [0.3, 0.4) is 0 Å². The number of nitrogens with zero attached hydrogens (tertiary/aromatic N) is 5. The fraction of sp³-hybridized carbons (Fsp3) is 0.381. The molecular formula is C21H21ClF2N6O3. The molecule has 0 radical (unpaired) electrons. The van der Waals surface area contributed by atoms with E-state index >= 15 is 0 Å². The van der Waals surface area contributed by atoms with Gasteiger partial charge >= 0.3 is 5.69 Å². The zero-order valence-electron chi connectivity index (χ0n) is 17.9. The largest absolute Gasteiger partial charge is 0.339 e. The molecule has 4 rings (SSSR count). The van der Waals surface area contributed by atoms with E-state index in [9.17, 15) is 18.4 Å². The van der Waals surface area contributed by atoms with Gasteiger partial charge in [0.2, 0.25) is 11.2 Å². The number of hydrogen-bond donors (Lipinski definition) is 1. The predicted molar refractivity (Wildman–Crippen MR) is 116 cm³/mol. The first-order valence-electron chi connectivity index (χ1n) is 10.4. The van der Waals surface area contributed by atoms with E-state index < -0.39 is 22.9 Å². The number of aromatic amines is 1. The standard InChI is InChI=1S/C21H21ClF2N6O3/c1-11(2)10-30-18-17(26-20(22)27-18)19(31)29(21(30)32)7-3-4-16-25-15(28-33-16)8-12-5-6-13(23)9-14(12)24/h5-6,9,11H,3-4,7-8,10H2,1-2H3,(H,26,27). The Balaban J connectivity index is 1.49. The average molecular weight is 479 g/mol. The van der Waals surface area contributed by atoms with Crippen LogP contribution in [0, 0.1) is 17.6 Å². The van der Waals surface area contributed by atoms with E-state index in [0.29, 0.717) is 19.4 Å². The lowest BCUT2D eigenvalue weighted by atomic mass is 10.1. The van der Waals surface area contributed by atoms with E-state index in [2.05, 4.69) is 20.1 Å². The van der Waals surface area contributed by atoms with E-state index in [0.717, 1.165) is 16.7 Å². The highest BCUT2D eigenvalue weighted by Crippen LogP contribution is 2.14. The lowest BCUT2D eigenvalue weighted by Gasteiger charge is -2.12. The molecule has 3 aromatic heterocycles. The highest BCUT2D eigenvalue weighted by Gasteiger charge is 2.18. The van der Waals surface area contributed by atoms with Crippen molar-refractivity contribution in [2.45, 2.75) is 46.2 Å². The lowest BCUT2D eigenvalue weighted by Crippen LogP contribution is -2.41. The third-order valence-corrected chi connectivity index (χ3v) is 5.21. The molecule has 0 saturated carbocycles. The summed E-state index contributed by atoms with van der Waals surface area (Å²) >= 11 is 5.93. The summed E-state index contributed by atoms with van der Waals surface area (Å²) in [6.07, 6.45) is 0.722. The van der Waals surface area contributed by atoms with E-state index in [1.165, 1.54) is 10.6 Å². The van der Waals surface area contributed by atoms with Gasteiger partial charge in [0.25, 0.3) is 5.56 Å². The van der Waals surface area contributed by atoms with Crippen LogP contribution in [-0.2, 0) is 25.9 Å². The predicted octanol–water partition coefficient (Wildman–Crippen LogP) is 3.08. The number of aromatic nitrogens is 6. The molecule has 0 atom stereocenters. The smallest absolute Gasteiger partial charge is 0.332 e. The van der Waals surface area contributed by atoms with Gasteiger partial charge in [0, 0.05) is 32.0 Å². The van der Waals surface area contributed by atoms with Crippen molar-refractivity contribution in [1.29, 1.82) is 0 Å². The minimum absolute atomic E-state index is 0.0349. The number of halogens is 3. The molecule has 3 heterocycles. The van der Waals surface area contributed by atoms with Gasteiger partial charge in [0.1, 0.15) is 11.6 Å². The molecule has 0 fully saturated rings. The Labute approximate surface area is 191 Å². The maximum Gasteiger partial charge on any atom is 0.332 e. The van der Waals surface area contributed by atoms with Crippen LogP contribution < -0.4 is 11.2 Å². The molecule has 12 heteroatoms. The summed E-state index contributed by atoms with van der Waals surface area (Å²) < 4.78 is 34.6. The van der Waals surface area contributed by atoms with E-state index in [1.54, 1.807) is 0 Å². The zero-order chi connectivity index (χ0) is 23.7. The van der Waals surface area contributed by atoms with Gasteiger partial charge in [-0.3, -0.25) is 13.9 Å². The summed E-state index contributed by atoms with van der Waals surface area (Å²) in [4.78, 5) is 36.8. The van der Waals surface area contributed by atoms with Crippen LogP contribution in [0.4, 0.5) is 8.78 Å². The fourth-order valence-electron chi connectivity index (χ4n) is 3.55. The molecule has 9 nitrogen and oxygen atoms in total. The van der Waals surface area contributed by atoms with Gasteiger partial charge in [-0.05, 0) is 35.6 Å². The SMILES string of the molecule is CC(C)Cn1c(=O)n(CCCc2nc(Cc3ccc(F)cc3F)no2)c(=O)c2[nH]c(Cl)nc21. The van der Waals surface area contributed by atoms with E-state index in [1.807, 2.05) is 13.8 Å². The third kappa shape index (κ3) is 4.87. The highest BCUT2D eigenvalue weighted by atomic mass is 35.5. The van der Waals surface area contributed by atoms with Crippen LogP contribution in [-0.4, -0.2) is 29.2 Å². The lowest BCUT2D eigenvalue weighted by molar-refractivity contribution is 0.366. The molecule has 0 amide bonds. The van der Waals surface area contributed by atoms with Crippen LogP contribution >= 0.6 is 11.6 Å². The first-order chi connectivity index (χ1) is 15.7. The molecule has 0 spiro atoms. The quantitative estimate of drug-likeness (QED) is 0.389. The van der Waals surface area contributed by atoms with E-state index in [-0.39, 0.29) is 52.6 Å². The van der Waals surface area contributed by atoms with Gasteiger partial charge in [-0.1, -0.05) is 25.1 Å². The molecule has 4 aromatic rings. The van der Waals surface area contributed by atoms with Crippen LogP contribution in [0.1, 0.15) is 37.5 Å². The molecule has 0 aliphatic heterocycles. The van der Waals surface area contributed by atoms with Crippen molar-refractivity contribution in [3.05, 3.63) is 73.2 Å². The van der Waals surface area contributed by atoms with Gasteiger partial charge in [0.15, 0.2) is 17.0 Å². The number of imidazole rings is 1. The third-order valence-electron chi connectivity index (χ3n) is 5.03. The van der Waals surface area contributed by atoms with Crippen molar-refractivity contribution in [3.8, 4) is 0 Å². The van der Waals surface area contributed by atoms with Crippen molar-refractivity contribution < 1.29 is 13.3 Å². The number of nitrogens with one attached hydrogen (secondary N) is 1. The van der Waals surface area contributed by atoms with Crippen molar-refractivity contribution in [1.82, 2.24) is 29.2 Å². The molecule has 0 unspecified atom stereocenters. The zero-order valence-corrected chi connectivity index (χ0v) is 18.7. The molecular weight excluding hydrogens is 458 g/mol. The molecule has 174 valence electrons. The van der Waals surface area contributed by atoms with Crippen LogP contribution in [0.25, 0.3) is 11.2 Å². The Morgan fingerprint density at radius 3 is 2.70 bits per heavy atom. The van der Waals surface area contributed by atoms with E-state index in [4.69, 9.17) is 16.1 Å². The molecule has 1 aromatic carbocycles. The van der Waals surface area contributed by atoms with Crippen molar-refractivity contribution in [2.75, 3.05) is 0 Å². The van der Waals surface area contributed by atoms with Gasteiger partial charge in [-0.2, -0.15) is 9.97 Å². The first kappa shape index (κ1) is 22.8. The number of aryl methyl sites for hydroxylation is 1. The summed E-state index contributed by atoms with van der Waals surface area (Å²) in [7, 11) is 0. The Bertz CT molecular complexity index is 1420. The van der Waals surface area contributed by atoms with Crippen LogP contribution in [0.5, 0.6) is 0 Å². The number of benzene rings is 1. The molecule has 0 bridgehead atoms. The van der Waals surface area contributed by atoms with Gasteiger partial charge in [-0.25, -0.2) is 13.6 Å². The fourth-order valence-corrected chi connectivity index (χ4v) is 3.73. The summed E-state index contributed by atoms with van der Waals surface area (Å²) in [5, 5.41) is 3.85. The van der Waals surface area contributed by atoms with Crippen molar-refractivity contribution in [2.24, 2.45) is 5.92 Å². The van der Waals surface area contributed by atoms with Crippen LogP contribution in [0.2, 0.25) is 5.28 Å². The van der Waals surface area contributed by atoms with Crippen molar-refractivity contribution in [3.63, 3.8) is 0 Å². The minimum atomic E-state index is -0.687. The molecule has 1 N–H and O–H groups in total. The monoisotopic (exact) mass is 478 g/mol. The maximum absolute atomic E-state index is 13.8. The van der Waals surface area contributed by atoms with Gasteiger partial charge < -0.3 is 9.51 Å². The number of fused-ring (bicyclic) bond motifs is 1. The number of H-pyrrole nitrogens is 1. The topological polar surface area (TPSA) is 112 Å². The average Bonchev–Trinajstić information content (AvgIpc) is 3.36. The highest BCUT2D eigenvalue weighted by molar-refractivity contribution is 6.28. The van der Waals surface area contributed by atoms with Gasteiger partial charge in [0.05, 0.1) is 0 Å².